The molecular weight excluding hydrogens is 210 g/mol. The molecule has 1 unspecified atom stereocenters. The van der Waals surface area contributed by atoms with E-state index in [4.69, 9.17) is 4.74 Å². The van der Waals surface area contributed by atoms with Crippen molar-refractivity contribution in [2.75, 3.05) is 7.11 Å². The first-order valence-electron chi connectivity index (χ1n) is 5.11. The summed E-state index contributed by atoms with van der Waals surface area (Å²) in [6.45, 7) is 5.56. The smallest absolute Gasteiger partial charge is 0.171 e. The third kappa shape index (κ3) is 2.86. The zero-order valence-corrected chi connectivity index (χ0v) is 10.5. The molecule has 0 amide bonds. The molecule has 1 heterocycles. The van der Waals surface area contributed by atoms with Crippen molar-refractivity contribution in [3.63, 3.8) is 0 Å². The molecule has 84 valence electrons. The monoisotopic (exact) mass is 227 g/mol. The quantitative estimate of drug-likeness (QED) is 0.725. The Kier molecular flexibility index (Phi) is 4.42. The molecule has 1 aromatic rings. The summed E-state index contributed by atoms with van der Waals surface area (Å²) < 4.78 is 5.36. The van der Waals surface area contributed by atoms with Crippen LogP contribution >= 0.6 is 11.3 Å². The van der Waals surface area contributed by atoms with Crippen LogP contribution in [0.5, 0.6) is 0 Å². The number of methoxy groups -OCH3 is 1. The second-order valence-corrected chi connectivity index (χ2v) is 4.57. The topological polar surface area (TPSA) is 39.2 Å². The second kappa shape index (κ2) is 5.37. The molecule has 0 fully saturated rings. The highest BCUT2D eigenvalue weighted by atomic mass is 32.1. The maximum atomic E-state index is 11.3. The zero-order valence-electron chi connectivity index (χ0n) is 9.66. The van der Waals surface area contributed by atoms with E-state index < -0.39 is 0 Å². The first-order chi connectivity index (χ1) is 7.10. The first-order valence-corrected chi connectivity index (χ1v) is 5.92. The van der Waals surface area contributed by atoms with Crippen molar-refractivity contribution in [2.24, 2.45) is 0 Å². The van der Waals surface area contributed by atoms with Gasteiger partial charge in [-0.3, -0.25) is 4.79 Å². The minimum Gasteiger partial charge on any atom is -0.374 e. The Morgan fingerprint density at radius 2 is 2.27 bits per heavy atom. The molecule has 0 radical (unpaired) electrons. The van der Waals surface area contributed by atoms with Crippen LogP contribution in [0.2, 0.25) is 0 Å². The van der Waals surface area contributed by atoms with Gasteiger partial charge in [0, 0.05) is 14.0 Å². The molecule has 4 heteroatoms. The molecule has 0 spiro atoms. The number of hydrogen-bond donors (Lipinski definition) is 0. The van der Waals surface area contributed by atoms with Crippen LogP contribution in [0.3, 0.4) is 0 Å². The lowest BCUT2D eigenvalue weighted by molar-refractivity contribution is 0.0946. The molecule has 3 nitrogen and oxygen atoms in total. The minimum atomic E-state index is 0.0341. The molecule has 0 saturated carbocycles. The van der Waals surface area contributed by atoms with Gasteiger partial charge in [0.15, 0.2) is 5.78 Å². The van der Waals surface area contributed by atoms with Gasteiger partial charge < -0.3 is 4.74 Å². The summed E-state index contributed by atoms with van der Waals surface area (Å²) in [6.07, 6.45) is 2.03. The molecule has 0 aliphatic carbocycles. The number of nitrogens with zero attached hydrogens (tertiary/aromatic N) is 1. The highest BCUT2D eigenvalue weighted by Crippen LogP contribution is 2.28. The van der Waals surface area contributed by atoms with Crippen LogP contribution in [0.1, 0.15) is 53.2 Å². The molecule has 0 aliphatic rings. The van der Waals surface area contributed by atoms with E-state index in [-0.39, 0.29) is 11.9 Å². The fourth-order valence-electron chi connectivity index (χ4n) is 1.49. The number of Topliss-reactive ketones (excluding diaryl/α,β-unsaturated/α-hetero) is 1. The number of thiazole rings is 1. The molecular formula is C11H17NO2S. The van der Waals surface area contributed by atoms with E-state index in [9.17, 15) is 4.79 Å². The Hall–Kier alpha value is -0.740. The van der Waals surface area contributed by atoms with Gasteiger partial charge in [-0.25, -0.2) is 4.98 Å². The lowest BCUT2D eigenvalue weighted by atomic mass is 10.2. The molecule has 0 N–H and O–H groups in total. The van der Waals surface area contributed by atoms with Crippen LogP contribution in [-0.2, 0) is 4.74 Å². The standard InChI is InChI=1S/C11H17NO2S/c1-5-6-9(14-4)11-12-7(2)10(15-11)8(3)13/h9H,5-6H2,1-4H3. The molecule has 15 heavy (non-hydrogen) atoms. The first kappa shape index (κ1) is 12.3. The van der Waals surface area contributed by atoms with Gasteiger partial charge in [0.05, 0.1) is 10.6 Å². The lowest BCUT2D eigenvalue weighted by Gasteiger charge is -2.10. The fraction of sp³-hybridized carbons (Fsp3) is 0.636. The number of carbonyl (C=O) groups excluding carboxylic acids is 1. The number of aryl methyl sites for hydroxylation is 1. The van der Waals surface area contributed by atoms with Crippen molar-refractivity contribution in [3.8, 4) is 0 Å². The second-order valence-electron chi connectivity index (χ2n) is 3.54. The van der Waals surface area contributed by atoms with Gasteiger partial charge in [0.25, 0.3) is 0 Å². The SMILES string of the molecule is CCCC(OC)c1nc(C)c(C(C)=O)s1. The average molecular weight is 227 g/mol. The molecule has 1 rings (SSSR count). The van der Waals surface area contributed by atoms with Crippen molar-refractivity contribution in [2.45, 2.75) is 39.7 Å². The number of carbonyl (C=O) groups is 1. The average Bonchev–Trinajstić information content (AvgIpc) is 2.56. The molecule has 0 aliphatic heterocycles. The number of aromatic nitrogens is 1. The van der Waals surface area contributed by atoms with Gasteiger partial charge in [-0.05, 0) is 13.3 Å². The summed E-state index contributed by atoms with van der Waals surface area (Å²) >= 11 is 1.45. The van der Waals surface area contributed by atoms with Gasteiger partial charge in [-0.1, -0.05) is 13.3 Å². The predicted molar refractivity (Wildman–Crippen MR) is 61.5 cm³/mol. The third-order valence-corrected chi connectivity index (χ3v) is 3.59. The zero-order chi connectivity index (χ0) is 11.4. The Bertz CT molecular complexity index is 346. The highest BCUT2D eigenvalue weighted by Gasteiger charge is 2.18. The summed E-state index contributed by atoms with van der Waals surface area (Å²) in [6, 6.07) is 0. The summed E-state index contributed by atoms with van der Waals surface area (Å²) in [5.41, 5.74) is 0.820. The Labute approximate surface area is 94.5 Å². The molecule has 0 bridgehead atoms. The van der Waals surface area contributed by atoms with Crippen LogP contribution in [-0.4, -0.2) is 17.9 Å². The van der Waals surface area contributed by atoms with E-state index in [2.05, 4.69) is 11.9 Å². The van der Waals surface area contributed by atoms with E-state index in [0.29, 0.717) is 0 Å². The molecule has 0 saturated heterocycles. The normalized spacial score (nSPS) is 12.8. The van der Waals surface area contributed by atoms with E-state index in [0.717, 1.165) is 28.4 Å². The Morgan fingerprint density at radius 3 is 2.67 bits per heavy atom. The third-order valence-electron chi connectivity index (χ3n) is 2.24. The maximum absolute atomic E-state index is 11.3. The summed E-state index contributed by atoms with van der Waals surface area (Å²) in [7, 11) is 1.69. The number of rotatable bonds is 5. The van der Waals surface area contributed by atoms with Crippen LogP contribution < -0.4 is 0 Å². The molecule has 1 atom stereocenters. The molecule has 1 aromatic heterocycles. The largest absolute Gasteiger partial charge is 0.374 e. The summed E-state index contributed by atoms with van der Waals surface area (Å²) in [4.78, 5) is 16.4. The van der Waals surface area contributed by atoms with E-state index in [1.807, 2.05) is 6.92 Å². The van der Waals surface area contributed by atoms with Gasteiger partial charge >= 0.3 is 0 Å². The maximum Gasteiger partial charge on any atom is 0.171 e. The molecule has 0 aromatic carbocycles. The van der Waals surface area contributed by atoms with Crippen molar-refractivity contribution in [1.82, 2.24) is 4.98 Å². The number of hydrogen-bond acceptors (Lipinski definition) is 4. The van der Waals surface area contributed by atoms with Crippen molar-refractivity contribution in [1.29, 1.82) is 0 Å². The summed E-state index contributed by atoms with van der Waals surface area (Å²) in [5, 5.41) is 0.919. The van der Waals surface area contributed by atoms with Crippen molar-refractivity contribution < 1.29 is 9.53 Å². The van der Waals surface area contributed by atoms with Crippen LogP contribution in [0.15, 0.2) is 0 Å². The van der Waals surface area contributed by atoms with Gasteiger partial charge in [-0.15, -0.1) is 11.3 Å². The Morgan fingerprint density at radius 1 is 1.60 bits per heavy atom. The lowest BCUT2D eigenvalue weighted by Crippen LogP contribution is -2.00. The van der Waals surface area contributed by atoms with Gasteiger partial charge in [0.2, 0.25) is 0 Å². The predicted octanol–water partition coefficient (Wildman–Crippen LogP) is 3.14. The minimum absolute atomic E-state index is 0.0341. The number of ether oxygens (including phenoxy) is 1. The van der Waals surface area contributed by atoms with E-state index in [1.165, 1.54) is 11.3 Å². The van der Waals surface area contributed by atoms with Crippen LogP contribution in [0, 0.1) is 6.92 Å². The van der Waals surface area contributed by atoms with Crippen molar-refractivity contribution >= 4 is 17.1 Å². The van der Waals surface area contributed by atoms with Crippen LogP contribution in [0.25, 0.3) is 0 Å². The Balaban J connectivity index is 2.94. The highest BCUT2D eigenvalue weighted by molar-refractivity contribution is 7.13. The van der Waals surface area contributed by atoms with E-state index >= 15 is 0 Å². The fourth-order valence-corrected chi connectivity index (χ4v) is 2.56. The van der Waals surface area contributed by atoms with E-state index in [1.54, 1.807) is 14.0 Å². The summed E-state index contributed by atoms with van der Waals surface area (Å²) in [5.74, 6) is 0.0857. The van der Waals surface area contributed by atoms with Gasteiger partial charge in [0.1, 0.15) is 11.1 Å². The van der Waals surface area contributed by atoms with Crippen molar-refractivity contribution in [3.05, 3.63) is 15.6 Å². The number of ketones is 1. The van der Waals surface area contributed by atoms with Gasteiger partial charge in [-0.2, -0.15) is 0 Å². The van der Waals surface area contributed by atoms with Crippen LogP contribution in [0.4, 0.5) is 0 Å².